The number of hydrogen-bond acceptors (Lipinski definition) is 5. The van der Waals surface area contributed by atoms with Crippen molar-refractivity contribution < 1.29 is 9.21 Å². The van der Waals surface area contributed by atoms with Gasteiger partial charge in [-0.2, -0.15) is 0 Å². The fourth-order valence-corrected chi connectivity index (χ4v) is 4.40. The largest absolute Gasteiger partial charge is 0.451 e. The zero-order chi connectivity index (χ0) is 22.8. The van der Waals surface area contributed by atoms with Crippen molar-refractivity contribution in [1.82, 2.24) is 10.3 Å². The summed E-state index contributed by atoms with van der Waals surface area (Å²) in [5.74, 6) is -0.422. The normalized spacial score (nSPS) is 10.9. The van der Waals surface area contributed by atoms with Crippen molar-refractivity contribution in [1.29, 1.82) is 0 Å². The van der Waals surface area contributed by atoms with Crippen LogP contribution in [0.2, 0.25) is 0 Å². The van der Waals surface area contributed by atoms with Crippen LogP contribution in [0, 0.1) is 6.92 Å². The summed E-state index contributed by atoms with van der Waals surface area (Å²) in [4.78, 5) is 29.6. The fraction of sp³-hybridized carbons (Fsp3) is 0.0741. The zero-order valence-electron chi connectivity index (χ0n) is 17.9. The summed E-state index contributed by atoms with van der Waals surface area (Å²) in [6.07, 6.45) is 0. The second kappa shape index (κ2) is 8.84. The van der Waals surface area contributed by atoms with E-state index in [9.17, 15) is 9.59 Å². The molecule has 1 N–H and O–H groups in total. The zero-order valence-corrected chi connectivity index (χ0v) is 18.7. The summed E-state index contributed by atoms with van der Waals surface area (Å²) in [7, 11) is 0. The molecule has 0 aliphatic carbocycles. The van der Waals surface area contributed by atoms with Gasteiger partial charge < -0.3 is 9.73 Å². The van der Waals surface area contributed by atoms with Crippen LogP contribution < -0.4 is 10.7 Å². The minimum Gasteiger partial charge on any atom is -0.451 e. The number of aromatic nitrogens is 1. The van der Waals surface area contributed by atoms with Gasteiger partial charge in [-0.05, 0) is 24.6 Å². The number of nitrogens with one attached hydrogen (secondary N) is 1. The van der Waals surface area contributed by atoms with E-state index in [0.29, 0.717) is 17.5 Å². The van der Waals surface area contributed by atoms with Crippen LogP contribution in [0.5, 0.6) is 0 Å². The Labute approximate surface area is 194 Å². The first-order valence-electron chi connectivity index (χ1n) is 10.5. The number of benzene rings is 3. The molecule has 1 amide bonds. The second-order valence-electron chi connectivity index (χ2n) is 7.76. The third-order valence-electron chi connectivity index (χ3n) is 5.33. The van der Waals surface area contributed by atoms with E-state index in [1.54, 1.807) is 23.5 Å². The molecule has 0 saturated carbocycles. The number of fused-ring (bicyclic) bond motifs is 1. The number of hydrogen-bond donors (Lipinski definition) is 1. The van der Waals surface area contributed by atoms with Gasteiger partial charge in [-0.15, -0.1) is 11.3 Å². The molecule has 33 heavy (non-hydrogen) atoms. The first-order chi connectivity index (χ1) is 16.1. The highest BCUT2D eigenvalue weighted by atomic mass is 32.1. The molecule has 5 rings (SSSR count). The molecule has 0 fully saturated rings. The minimum atomic E-state index is -0.425. The van der Waals surface area contributed by atoms with Gasteiger partial charge in [0.05, 0.1) is 11.1 Å². The van der Waals surface area contributed by atoms with Crippen LogP contribution in [0.4, 0.5) is 0 Å². The molecule has 162 valence electrons. The van der Waals surface area contributed by atoms with Gasteiger partial charge in [-0.25, -0.2) is 4.98 Å². The maximum Gasteiger partial charge on any atom is 0.287 e. The van der Waals surface area contributed by atoms with E-state index in [2.05, 4.69) is 5.32 Å². The molecule has 0 aliphatic rings. The SMILES string of the molecule is Cc1ccc2oc(C(=O)NCc3ccc(-c4csc(-c5ccccc5)n4)cc3)cc(=O)c2c1. The van der Waals surface area contributed by atoms with Crippen molar-refractivity contribution in [3.63, 3.8) is 0 Å². The predicted octanol–water partition coefficient (Wildman–Crippen LogP) is 5.82. The maximum atomic E-state index is 12.6. The predicted molar refractivity (Wildman–Crippen MR) is 131 cm³/mol. The van der Waals surface area contributed by atoms with Crippen LogP contribution in [0.25, 0.3) is 32.8 Å². The Morgan fingerprint density at radius 2 is 1.76 bits per heavy atom. The molecule has 5 aromatic rings. The highest BCUT2D eigenvalue weighted by Gasteiger charge is 2.13. The molecule has 5 nitrogen and oxygen atoms in total. The Kier molecular flexibility index (Phi) is 5.59. The van der Waals surface area contributed by atoms with E-state index in [0.717, 1.165) is 33.0 Å². The van der Waals surface area contributed by atoms with Gasteiger partial charge in [0.1, 0.15) is 10.6 Å². The third-order valence-corrected chi connectivity index (χ3v) is 6.23. The average molecular weight is 453 g/mol. The van der Waals surface area contributed by atoms with Crippen LogP contribution >= 0.6 is 11.3 Å². The van der Waals surface area contributed by atoms with E-state index in [-0.39, 0.29) is 11.2 Å². The number of carbonyl (C=O) groups excluding carboxylic acids is 1. The number of amides is 1. The summed E-state index contributed by atoms with van der Waals surface area (Å²) in [5, 5.41) is 6.31. The lowest BCUT2D eigenvalue weighted by atomic mass is 10.1. The van der Waals surface area contributed by atoms with Gasteiger partial charge in [0.25, 0.3) is 5.91 Å². The standard InChI is InChI=1S/C27H20N2O3S/c1-17-7-12-24-21(13-17)23(30)14-25(32-24)26(31)28-15-18-8-10-19(11-9-18)22-16-33-27(29-22)20-5-3-2-4-6-20/h2-14,16H,15H2,1H3,(H,28,31). The van der Waals surface area contributed by atoms with Crippen LogP contribution in [0.15, 0.2) is 93.5 Å². The molecular weight excluding hydrogens is 432 g/mol. The summed E-state index contributed by atoms with van der Waals surface area (Å²) in [5.41, 5.74) is 5.10. The number of carbonyl (C=O) groups is 1. The van der Waals surface area contributed by atoms with Gasteiger partial charge >= 0.3 is 0 Å². The average Bonchev–Trinajstić information content (AvgIpc) is 3.34. The molecule has 2 aromatic heterocycles. The third kappa shape index (κ3) is 4.47. The Bertz CT molecular complexity index is 1500. The summed E-state index contributed by atoms with van der Waals surface area (Å²) in [6.45, 7) is 2.22. The van der Waals surface area contributed by atoms with Crippen molar-refractivity contribution in [2.45, 2.75) is 13.5 Å². The van der Waals surface area contributed by atoms with Crippen molar-refractivity contribution in [3.05, 3.63) is 111 Å². The molecule has 0 aliphatic heterocycles. The van der Waals surface area contributed by atoms with Crippen LogP contribution in [0.1, 0.15) is 21.7 Å². The molecule has 0 atom stereocenters. The van der Waals surface area contributed by atoms with Gasteiger partial charge in [-0.1, -0.05) is 66.2 Å². The summed E-state index contributed by atoms with van der Waals surface area (Å²) in [6, 6.07) is 24.5. The Morgan fingerprint density at radius 1 is 0.970 bits per heavy atom. The lowest BCUT2D eigenvalue weighted by molar-refractivity contribution is 0.0923. The Hall–Kier alpha value is -4.03. The summed E-state index contributed by atoms with van der Waals surface area (Å²) < 4.78 is 5.64. The summed E-state index contributed by atoms with van der Waals surface area (Å²) >= 11 is 1.61. The van der Waals surface area contributed by atoms with Gasteiger partial charge in [-0.3, -0.25) is 9.59 Å². The van der Waals surface area contributed by atoms with Gasteiger partial charge in [0, 0.05) is 29.1 Å². The molecule has 0 unspecified atom stereocenters. The van der Waals surface area contributed by atoms with E-state index in [1.807, 2.05) is 73.0 Å². The molecule has 6 heteroatoms. The van der Waals surface area contributed by atoms with Gasteiger partial charge in [0.2, 0.25) is 0 Å². The molecule has 0 radical (unpaired) electrons. The lowest BCUT2D eigenvalue weighted by Gasteiger charge is -2.07. The number of nitrogens with zero attached hydrogens (tertiary/aromatic N) is 1. The molecule has 0 spiro atoms. The topological polar surface area (TPSA) is 72.2 Å². The number of rotatable bonds is 5. The molecule has 0 saturated heterocycles. The van der Waals surface area contributed by atoms with Crippen molar-refractivity contribution in [2.75, 3.05) is 0 Å². The molecule has 0 bridgehead atoms. The van der Waals surface area contributed by atoms with E-state index in [1.165, 1.54) is 6.07 Å². The van der Waals surface area contributed by atoms with E-state index in [4.69, 9.17) is 9.40 Å². The van der Waals surface area contributed by atoms with Crippen molar-refractivity contribution >= 4 is 28.2 Å². The smallest absolute Gasteiger partial charge is 0.287 e. The molecule has 2 heterocycles. The second-order valence-corrected chi connectivity index (χ2v) is 8.62. The quantitative estimate of drug-likeness (QED) is 0.365. The van der Waals surface area contributed by atoms with Crippen LogP contribution in [-0.2, 0) is 6.54 Å². The highest BCUT2D eigenvalue weighted by Crippen LogP contribution is 2.28. The lowest BCUT2D eigenvalue weighted by Crippen LogP contribution is -2.24. The Morgan fingerprint density at radius 3 is 2.55 bits per heavy atom. The van der Waals surface area contributed by atoms with Crippen molar-refractivity contribution in [3.8, 4) is 21.8 Å². The molecular formula is C27H20N2O3S. The maximum absolute atomic E-state index is 12.6. The first kappa shape index (κ1) is 20.8. The fourth-order valence-electron chi connectivity index (χ4n) is 3.56. The minimum absolute atomic E-state index is 0.00360. The Balaban J connectivity index is 1.27. The monoisotopic (exact) mass is 452 g/mol. The van der Waals surface area contributed by atoms with Gasteiger partial charge in [0.15, 0.2) is 11.2 Å². The number of thiazole rings is 1. The van der Waals surface area contributed by atoms with Crippen LogP contribution in [-0.4, -0.2) is 10.9 Å². The number of aryl methyl sites for hydroxylation is 1. The van der Waals surface area contributed by atoms with Crippen molar-refractivity contribution in [2.24, 2.45) is 0 Å². The first-order valence-corrected chi connectivity index (χ1v) is 11.4. The van der Waals surface area contributed by atoms with E-state index < -0.39 is 5.91 Å². The van der Waals surface area contributed by atoms with Crippen LogP contribution in [0.3, 0.4) is 0 Å². The molecule has 3 aromatic carbocycles. The highest BCUT2D eigenvalue weighted by molar-refractivity contribution is 7.13. The van der Waals surface area contributed by atoms with E-state index >= 15 is 0 Å².